The van der Waals surface area contributed by atoms with Crippen molar-refractivity contribution in [1.29, 1.82) is 0 Å². The molecule has 0 aliphatic heterocycles. The van der Waals surface area contributed by atoms with E-state index in [1.807, 2.05) is 31.1 Å². The third-order valence-corrected chi connectivity index (χ3v) is 4.44. The molecule has 25 heavy (non-hydrogen) atoms. The molecule has 6 heteroatoms. The van der Waals surface area contributed by atoms with Gasteiger partial charge in [0.15, 0.2) is 0 Å². The molecule has 1 aromatic carbocycles. The van der Waals surface area contributed by atoms with E-state index in [4.69, 9.17) is 9.72 Å². The van der Waals surface area contributed by atoms with Crippen molar-refractivity contribution < 1.29 is 9.53 Å². The van der Waals surface area contributed by atoms with Gasteiger partial charge in [-0.25, -0.2) is 9.78 Å². The van der Waals surface area contributed by atoms with Gasteiger partial charge in [0, 0.05) is 20.0 Å². The number of rotatable bonds is 8. The standard InChI is InChI=1S/C19H30N4O2/c1-6-9-10-25-19(24)22-16-11-14-15(12-17(16)23(4)5)21-18(20-14)13(7-2)8-3/h11-13H,6-10H2,1-5H3,(H,20,21)(H,22,24). The van der Waals surface area contributed by atoms with E-state index in [0.29, 0.717) is 12.5 Å². The van der Waals surface area contributed by atoms with Gasteiger partial charge in [0.25, 0.3) is 0 Å². The first-order valence-corrected chi connectivity index (χ1v) is 9.14. The molecule has 1 amide bonds. The Morgan fingerprint density at radius 3 is 2.60 bits per heavy atom. The van der Waals surface area contributed by atoms with Crippen LogP contribution in [0.4, 0.5) is 16.2 Å². The van der Waals surface area contributed by atoms with Crippen LogP contribution in [0.15, 0.2) is 12.1 Å². The summed E-state index contributed by atoms with van der Waals surface area (Å²) in [5.74, 6) is 1.43. The van der Waals surface area contributed by atoms with Crippen molar-refractivity contribution in [3.05, 3.63) is 18.0 Å². The number of aromatic amines is 1. The highest BCUT2D eigenvalue weighted by atomic mass is 16.5. The molecule has 0 fully saturated rings. The maximum atomic E-state index is 12.0. The molecule has 2 rings (SSSR count). The van der Waals surface area contributed by atoms with Crippen LogP contribution >= 0.6 is 0 Å². The van der Waals surface area contributed by atoms with Gasteiger partial charge in [-0.2, -0.15) is 0 Å². The molecule has 1 heterocycles. The highest BCUT2D eigenvalue weighted by Crippen LogP contribution is 2.31. The zero-order chi connectivity index (χ0) is 18.4. The Balaban J connectivity index is 2.31. The Labute approximate surface area is 150 Å². The minimum absolute atomic E-state index is 0.421. The van der Waals surface area contributed by atoms with Crippen LogP contribution in [0.25, 0.3) is 11.0 Å². The normalized spacial score (nSPS) is 11.1. The maximum absolute atomic E-state index is 12.0. The summed E-state index contributed by atoms with van der Waals surface area (Å²) in [6, 6.07) is 3.93. The number of nitrogens with zero attached hydrogens (tertiary/aromatic N) is 2. The zero-order valence-corrected chi connectivity index (χ0v) is 16.0. The van der Waals surface area contributed by atoms with Gasteiger partial charge in [-0.3, -0.25) is 5.32 Å². The number of aromatic nitrogens is 2. The van der Waals surface area contributed by atoms with E-state index >= 15 is 0 Å². The summed E-state index contributed by atoms with van der Waals surface area (Å²) in [5, 5.41) is 2.86. The molecule has 0 saturated heterocycles. The number of hydrogen-bond acceptors (Lipinski definition) is 4. The van der Waals surface area contributed by atoms with Crippen LogP contribution in [-0.4, -0.2) is 36.8 Å². The molecular formula is C19H30N4O2. The summed E-state index contributed by atoms with van der Waals surface area (Å²) >= 11 is 0. The molecule has 0 bridgehead atoms. The molecule has 0 radical (unpaired) electrons. The monoisotopic (exact) mass is 346 g/mol. The Kier molecular flexibility index (Phi) is 6.67. The highest BCUT2D eigenvalue weighted by molar-refractivity contribution is 5.95. The predicted octanol–water partition coefficient (Wildman–Crippen LogP) is 4.88. The van der Waals surface area contributed by atoms with Gasteiger partial charge in [-0.05, 0) is 31.4 Å². The smallest absolute Gasteiger partial charge is 0.411 e. The van der Waals surface area contributed by atoms with Gasteiger partial charge in [0.05, 0.1) is 29.0 Å². The number of amides is 1. The van der Waals surface area contributed by atoms with Crippen LogP contribution < -0.4 is 10.2 Å². The van der Waals surface area contributed by atoms with Gasteiger partial charge in [-0.15, -0.1) is 0 Å². The third kappa shape index (κ3) is 4.65. The van der Waals surface area contributed by atoms with E-state index in [1.165, 1.54) is 0 Å². The fourth-order valence-electron chi connectivity index (χ4n) is 2.86. The van der Waals surface area contributed by atoms with Gasteiger partial charge in [-0.1, -0.05) is 27.2 Å². The van der Waals surface area contributed by atoms with Crippen molar-refractivity contribution in [2.24, 2.45) is 0 Å². The number of ether oxygens (including phenoxy) is 1. The fraction of sp³-hybridized carbons (Fsp3) is 0.579. The first-order chi connectivity index (χ1) is 12.0. The summed E-state index contributed by atoms with van der Waals surface area (Å²) < 4.78 is 5.22. The van der Waals surface area contributed by atoms with Crippen LogP contribution in [0, 0.1) is 0 Å². The molecule has 0 unspecified atom stereocenters. The van der Waals surface area contributed by atoms with Gasteiger partial charge in [0.1, 0.15) is 5.82 Å². The second kappa shape index (κ2) is 8.74. The lowest BCUT2D eigenvalue weighted by Crippen LogP contribution is -2.18. The molecule has 0 spiro atoms. The number of anilines is 2. The van der Waals surface area contributed by atoms with Gasteiger partial charge < -0.3 is 14.6 Å². The number of nitrogens with one attached hydrogen (secondary N) is 2. The lowest BCUT2D eigenvalue weighted by molar-refractivity contribution is 0.160. The fourth-order valence-corrected chi connectivity index (χ4v) is 2.86. The van der Waals surface area contributed by atoms with Crippen LogP contribution in [0.2, 0.25) is 0 Å². The number of benzene rings is 1. The summed E-state index contributed by atoms with van der Waals surface area (Å²) in [6.07, 6.45) is 3.54. The quantitative estimate of drug-likeness (QED) is 0.668. The topological polar surface area (TPSA) is 70.2 Å². The van der Waals surface area contributed by atoms with E-state index in [9.17, 15) is 4.79 Å². The van der Waals surface area contributed by atoms with Crippen LogP contribution in [0.1, 0.15) is 58.2 Å². The van der Waals surface area contributed by atoms with Crippen molar-refractivity contribution >= 4 is 28.5 Å². The highest BCUT2D eigenvalue weighted by Gasteiger charge is 2.16. The summed E-state index contributed by atoms with van der Waals surface area (Å²) in [4.78, 5) is 22.2. The van der Waals surface area contributed by atoms with Crippen LogP contribution in [0.5, 0.6) is 0 Å². The molecule has 1 aromatic heterocycles. The second-order valence-electron chi connectivity index (χ2n) is 6.53. The summed E-state index contributed by atoms with van der Waals surface area (Å²) in [6.45, 7) is 6.84. The van der Waals surface area contributed by atoms with Crippen molar-refractivity contribution in [3.63, 3.8) is 0 Å². The molecule has 0 aliphatic carbocycles. The number of imidazole rings is 1. The van der Waals surface area contributed by atoms with Crippen LogP contribution in [-0.2, 0) is 4.74 Å². The number of fused-ring (bicyclic) bond motifs is 1. The number of unbranched alkanes of at least 4 members (excludes halogenated alkanes) is 1. The van der Waals surface area contributed by atoms with E-state index in [0.717, 1.165) is 53.9 Å². The Morgan fingerprint density at radius 2 is 2.00 bits per heavy atom. The first kappa shape index (κ1) is 19.1. The average Bonchev–Trinajstić information content (AvgIpc) is 2.98. The van der Waals surface area contributed by atoms with E-state index in [1.54, 1.807) is 0 Å². The second-order valence-corrected chi connectivity index (χ2v) is 6.53. The lowest BCUT2D eigenvalue weighted by atomic mass is 10.0. The largest absolute Gasteiger partial charge is 0.449 e. The van der Waals surface area contributed by atoms with Crippen molar-refractivity contribution in [2.75, 3.05) is 30.9 Å². The molecule has 0 atom stereocenters. The number of H-pyrrole nitrogens is 1. The third-order valence-electron chi connectivity index (χ3n) is 4.44. The Hall–Kier alpha value is -2.24. The van der Waals surface area contributed by atoms with Gasteiger partial charge >= 0.3 is 6.09 Å². The van der Waals surface area contributed by atoms with Crippen molar-refractivity contribution in [3.8, 4) is 0 Å². The van der Waals surface area contributed by atoms with E-state index in [2.05, 4.69) is 31.1 Å². The number of hydrogen-bond donors (Lipinski definition) is 2. The first-order valence-electron chi connectivity index (χ1n) is 9.14. The lowest BCUT2D eigenvalue weighted by Gasteiger charge is -2.18. The van der Waals surface area contributed by atoms with Crippen molar-refractivity contribution in [1.82, 2.24) is 9.97 Å². The summed E-state index contributed by atoms with van der Waals surface area (Å²) in [7, 11) is 3.90. The number of carbonyl (C=O) groups excluding carboxylic acids is 1. The van der Waals surface area contributed by atoms with Crippen molar-refractivity contribution in [2.45, 2.75) is 52.4 Å². The molecule has 0 saturated carbocycles. The molecule has 2 N–H and O–H groups in total. The van der Waals surface area contributed by atoms with Gasteiger partial charge in [0.2, 0.25) is 0 Å². The van der Waals surface area contributed by atoms with E-state index < -0.39 is 6.09 Å². The number of carbonyl (C=O) groups is 1. The molecular weight excluding hydrogens is 316 g/mol. The molecule has 6 nitrogen and oxygen atoms in total. The maximum Gasteiger partial charge on any atom is 0.411 e. The average molecular weight is 346 g/mol. The zero-order valence-electron chi connectivity index (χ0n) is 16.0. The molecule has 2 aromatic rings. The molecule has 0 aliphatic rings. The van der Waals surface area contributed by atoms with E-state index in [-0.39, 0.29) is 0 Å². The van der Waals surface area contributed by atoms with Crippen LogP contribution in [0.3, 0.4) is 0 Å². The Morgan fingerprint density at radius 1 is 1.28 bits per heavy atom. The predicted molar refractivity (Wildman–Crippen MR) is 104 cm³/mol. The minimum Gasteiger partial charge on any atom is -0.449 e. The minimum atomic E-state index is -0.421. The molecule has 138 valence electrons. The summed E-state index contributed by atoms with van der Waals surface area (Å²) in [5.41, 5.74) is 3.47. The Bertz CT molecular complexity index is 705. The SMILES string of the molecule is CCCCOC(=O)Nc1cc2[nH]c(C(CC)CC)nc2cc1N(C)C.